The van der Waals surface area contributed by atoms with E-state index in [9.17, 15) is 13.2 Å². The number of fused-ring (bicyclic) bond motifs is 1. The number of anilines is 1. The third-order valence-electron chi connectivity index (χ3n) is 5.42. The average Bonchev–Trinajstić information content (AvgIpc) is 3.14. The highest BCUT2D eigenvalue weighted by Gasteiger charge is 2.36. The van der Waals surface area contributed by atoms with Gasteiger partial charge in [-0.1, -0.05) is 18.2 Å². The highest BCUT2D eigenvalue weighted by Crippen LogP contribution is 2.32. The minimum Gasteiger partial charge on any atom is -0.312 e. The summed E-state index contributed by atoms with van der Waals surface area (Å²) in [4.78, 5) is 16.1. The third-order valence-corrected chi connectivity index (χ3v) is 8.75. The molecule has 27 heavy (non-hydrogen) atoms. The lowest BCUT2D eigenvalue weighted by atomic mass is 9.95. The second kappa shape index (κ2) is 7.37. The van der Waals surface area contributed by atoms with Crippen LogP contribution in [0.3, 0.4) is 0 Å². The van der Waals surface area contributed by atoms with E-state index in [4.69, 9.17) is 0 Å². The maximum atomic E-state index is 13.2. The van der Waals surface area contributed by atoms with E-state index in [1.54, 1.807) is 6.07 Å². The molecule has 2 aliphatic rings. The van der Waals surface area contributed by atoms with E-state index in [1.807, 2.05) is 36.1 Å². The molecule has 1 aromatic heterocycles. The summed E-state index contributed by atoms with van der Waals surface area (Å²) in [6.07, 6.45) is 3.40. The normalized spacial score (nSPS) is 21.1. The van der Waals surface area contributed by atoms with Crippen molar-refractivity contribution in [2.24, 2.45) is 5.92 Å². The van der Waals surface area contributed by atoms with Crippen LogP contribution in [0.2, 0.25) is 0 Å². The first-order valence-electron chi connectivity index (χ1n) is 9.43. The minimum atomic E-state index is -3.52. The lowest BCUT2D eigenvalue weighted by Crippen LogP contribution is -2.47. The van der Waals surface area contributed by atoms with Gasteiger partial charge in [0.25, 0.3) is 10.0 Å². The molecule has 0 aliphatic carbocycles. The predicted octanol–water partition coefficient (Wildman–Crippen LogP) is 3.44. The number of aryl methyl sites for hydroxylation is 2. The highest BCUT2D eigenvalue weighted by atomic mass is 32.2. The van der Waals surface area contributed by atoms with Gasteiger partial charge in [-0.2, -0.15) is 4.31 Å². The van der Waals surface area contributed by atoms with Crippen LogP contribution in [0.25, 0.3) is 0 Å². The van der Waals surface area contributed by atoms with E-state index in [2.05, 4.69) is 6.07 Å². The molecule has 1 atom stereocenters. The van der Waals surface area contributed by atoms with Crippen molar-refractivity contribution in [2.45, 2.75) is 36.8 Å². The van der Waals surface area contributed by atoms with Crippen LogP contribution < -0.4 is 4.90 Å². The van der Waals surface area contributed by atoms with Crippen molar-refractivity contribution in [1.82, 2.24) is 4.31 Å². The van der Waals surface area contributed by atoms with Gasteiger partial charge in [0, 0.05) is 30.2 Å². The fraction of sp³-hybridized carbons (Fsp3) is 0.450. The van der Waals surface area contributed by atoms with Crippen LogP contribution in [-0.4, -0.2) is 38.3 Å². The number of nitrogens with zero attached hydrogens (tertiary/aromatic N) is 2. The van der Waals surface area contributed by atoms with E-state index in [0.717, 1.165) is 36.2 Å². The lowest BCUT2D eigenvalue weighted by molar-refractivity contribution is -0.123. The highest BCUT2D eigenvalue weighted by molar-refractivity contribution is 7.91. The summed E-state index contributed by atoms with van der Waals surface area (Å²) in [5, 5.41) is 0. The molecule has 1 saturated heterocycles. The van der Waals surface area contributed by atoms with Crippen LogP contribution >= 0.6 is 11.3 Å². The first-order chi connectivity index (χ1) is 13.0. The Morgan fingerprint density at radius 1 is 1.11 bits per heavy atom. The molecule has 0 radical (unpaired) electrons. The second-order valence-corrected chi connectivity index (χ2v) is 10.7. The van der Waals surface area contributed by atoms with Gasteiger partial charge >= 0.3 is 0 Å². The summed E-state index contributed by atoms with van der Waals surface area (Å²) in [6, 6.07) is 11.5. The number of benzene rings is 1. The molecular formula is C20H24N2O3S2. The van der Waals surface area contributed by atoms with E-state index in [1.165, 1.54) is 21.2 Å². The van der Waals surface area contributed by atoms with Crippen LogP contribution in [-0.2, 0) is 21.2 Å². The molecule has 144 valence electrons. The number of sulfonamides is 1. The Kier molecular flexibility index (Phi) is 5.09. The van der Waals surface area contributed by atoms with Crippen molar-refractivity contribution in [2.75, 3.05) is 24.5 Å². The molecule has 7 heteroatoms. The minimum absolute atomic E-state index is 0.0596. The summed E-state index contributed by atoms with van der Waals surface area (Å²) >= 11 is 1.29. The number of piperidine rings is 1. The fourth-order valence-electron chi connectivity index (χ4n) is 4.02. The van der Waals surface area contributed by atoms with Crippen LogP contribution in [0, 0.1) is 12.8 Å². The number of hydrogen-bond acceptors (Lipinski definition) is 4. The maximum Gasteiger partial charge on any atom is 0.252 e. The Morgan fingerprint density at radius 3 is 2.70 bits per heavy atom. The van der Waals surface area contributed by atoms with Crippen LogP contribution in [0.1, 0.15) is 29.7 Å². The Morgan fingerprint density at radius 2 is 1.93 bits per heavy atom. The summed E-state index contributed by atoms with van der Waals surface area (Å²) in [5.74, 6) is -0.217. The SMILES string of the molecule is Cc1ccc(S(=O)(=O)N2CCCC(C(=O)N3CCCc4ccccc43)C2)s1. The molecule has 2 aromatic rings. The number of thiophene rings is 1. The van der Waals surface area contributed by atoms with E-state index >= 15 is 0 Å². The second-order valence-electron chi connectivity index (χ2n) is 7.29. The predicted molar refractivity (Wildman–Crippen MR) is 108 cm³/mol. The van der Waals surface area contributed by atoms with Gasteiger partial charge in [-0.05, 0) is 56.4 Å². The van der Waals surface area contributed by atoms with Crippen molar-refractivity contribution >= 4 is 33.0 Å². The molecule has 0 spiro atoms. The van der Waals surface area contributed by atoms with Crippen molar-refractivity contribution in [3.8, 4) is 0 Å². The Labute approximate surface area is 164 Å². The molecule has 3 heterocycles. The average molecular weight is 405 g/mol. The van der Waals surface area contributed by atoms with E-state index in [0.29, 0.717) is 17.3 Å². The van der Waals surface area contributed by atoms with Crippen LogP contribution in [0.4, 0.5) is 5.69 Å². The van der Waals surface area contributed by atoms with E-state index in [-0.39, 0.29) is 18.4 Å². The molecule has 0 saturated carbocycles. The summed E-state index contributed by atoms with van der Waals surface area (Å²) < 4.78 is 27.8. The molecule has 4 rings (SSSR count). The number of amides is 1. The van der Waals surface area contributed by atoms with Gasteiger partial charge in [0.05, 0.1) is 5.92 Å². The molecule has 0 N–H and O–H groups in total. The van der Waals surface area contributed by atoms with Gasteiger partial charge in [0.15, 0.2) is 0 Å². The fourth-order valence-corrected chi connectivity index (χ4v) is 6.98. The summed E-state index contributed by atoms with van der Waals surface area (Å²) in [5.41, 5.74) is 2.19. The van der Waals surface area contributed by atoms with Gasteiger partial charge in [-0.3, -0.25) is 4.79 Å². The number of carbonyl (C=O) groups excluding carboxylic acids is 1. The monoisotopic (exact) mass is 404 g/mol. The van der Waals surface area contributed by atoms with Crippen LogP contribution in [0.5, 0.6) is 0 Å². The number of para-hydroxylation sites is 1. The zero-order chi connectivity index (χ0) is 19.0. The number of rotatable bonds is 3. The Hall–Kier alpha value is -1.70. The van der Waals surface area contributed by atoms with Crippen molar-refractivity contribution in [3.63, 3.8) is 0 Å². The van der Waals surface area contributed by atoms with Gasteiger partial charge in [0.1, 0.15) is 4.21 Å². The maximum absolute atomic E-state index is 13.2. The van der Waals surface area contributed by atoms with Gasteiger partial charge in [-0.15, -0.1) is 11.3 Å². The number of carbonyl (C=O) groups is 1. The summed E-state index contributed by atoms with van der Waals surface area (Å²) in [6.45, 7) is 3.37. The standard InChI is InChI=1S/C20H24N2O3S2/c1-15-10-11-19(26-15)27(24,25)21-12-4-8-17(14-21)20(23)22-13-5-7-16-6-2-3-9-18(16)22/h2-3,6,9-11,17H,4-5,7-8,12-14H2,1H3. The smallest absolute Gasteiger partial charge is 0.252 e. The molecule has 0 bridgehead atoms. The quantitative estimate of drug-likeness (QED) is 0.787. The first kappa shape index (κ1) is 18.7. The van der Waals surface area contributed by atoms with Crippen molar-refractivity contribution < 1.29 is 13.2 Å². The zero-order valence-corrected chi connectivity index (χ0v) is 17.1. The van der Waals surface area contributed by atoms with Gasteiger partial charge in [0.2, 0.25) is 5.91 Å². The zero-order valence-electron chi connectivity index (χ0n) is 15.4. The molecule has 1 amide bonds. The van der Waals surface area contributed by atoms with Gasteiger partial charge in [-0.25, -0.2) is 8.42 Å². The largest absolute Gasteiger partial charge is 0.312 e. The van der Waals surface area contributed by atoms with E-state index < -0.39 is 10.0 Å². The first-order valence-corrected chi connectivity index (χ1v) is 11.7. The lowest BCUT2D eigenvalue weighted by Gasteiger charge is -2.36. The van der Waals surface area contributed by atoms with Crippen LogP contribution in [0.15, 0.2) is 40.6 Å². The Balaban J connectivity index is 1.54. The topological polar surface area (TPSA) is 57.7 Å². The molecular weight excluding hydrogens is 380 g/mol. The summed E-state index contributed by atoms with van der Waals surface area (Å²) in [7, 11) is -3.52. The molecule has 1 unspecified atom stereocenters. The molecule has 1 aromatic carbocycles. The Bertz CT molecular complexity index is 952. The molecule has 2 aliphatic heterocycles. The molecule has 5 nitrogen and oxygen atoms in total. The van der Waals surface area contributed by atoms with Crippen molar-refractivity contribution in [1.29, 1.82) is 0 Å². The van der Waals surface area contributed by atoms with Crippen molar-refractivity contribution in [3.05, 3.63) is 46.8 Å². The number of hydrogen-bond donors (Lipinski definition) is 0. The van der Waals surface area contributed by atoms with Gasteiger partial charge < -0.3 is 4.90 Å². The third kappa shape index (κ3) is 3.56. The molecule has 1 fully saturated rings.